The quantitative estimate of drug-likeness (QED) is 0.418. The van der Waals surface area contributed by atoms with E-state index >= 15 is 0 Å². The zero-order valence-corrected chi connectivity index (χ0v) is 19.8. The molecule has 0 radical (unpaired) electrons. The highest BCUT2D eigenvalue weighted by Gasteiger charge is 2.22. The molecule has 0 aromatic heterocycles. The Labute approximate surface area is 204 Å². The van der Waals surface area contributed by atoms with E-state index in [9.17, 15) is 9.18 Å². The number of amides is 1. The van der Waals surface area contributed by atoms with Crippen molar-refractivity contribution in [3.8, 4) is 0 Å². The standard InChI is InChI=1S/C26H26Cl2FN3O/c27-24-11-10-23(18-25(24)28)32(19-20-6-8-21(29)9-7-20)13-12-26(33)31-16-14-30(15-17-31)22-4-2-1-3-5-22/h1-11,18H,12-17,19H2. The van der Waals surface area contributed by atoms with Gasteiger partial charge in [-0.1, -0.05) is 53.5 Å². The molecule has 7 heteroatoms. The van der Waals surface area contributed by atoms with Gasteiger partial charge in [0.2, 0.25) is 5.91 Å². The number of halogens is 3. The second-order valence-electron chi connectivity index (χ2n) is 8.10. The minimum Gasteiger partial charge on any atom is -0.368 e. The lowest BCUT2D eigenvalue weighted by molar-refractivity contribution is -0.131. The number of rotatable bonds is 7. The van der Waals surface area contributed by atoms with E-state index in [2.05, 4.69) is 21.9 Å². The Morgan fingerprint density at radius 3 is 2.24 bits per heavy atom. The van der Waals surface area contributed by atoms with Gasteiger partial charge in [0.1, 0.15) is 5.82 Å². The summed E-state index contributed by atoms with van der Waals surface area (Å²) in [5.74, 6) is -0.142. The Morgan fingerprint density at radius 1 is 0.879 bits per heavy atom. The summed E-state index contributed by atoms with van der Waals surface area (Å²) < 4.78 is 13.3. The maximum atomic E-state index is 13.3. The minimum absolute atomic E-state index is 0.131. The van der Waals surface area contributed by atoms with E-state index in [-0.39, 0.29) is 11.7 Å². The SMILES string of the molecule is O=C(CCN(Cc1ccc(F)cc1)c1ccc(Cl)c(Cl)c1)N1CCN(c2ccccc2)CC1. The number of hydrogen-bond donors (Lipinski definition) is 0. The highest BCUT2D eigenvalue weighted by Crippen LogP contribution is 2.28. The maximum Gasteiger partial charge on any atom is 0.224 e. The summed E-state index contributed by atoms with van der Waals surface area (Å²) in [7, 11) is 0. The molecule has 0 saturated carbocycles. The molecule has 172 valence electrons. The van der Waals surface area contributed by atoms with Crippen molar-refractivity contribution in [1.82, 2.24) is 4.90 Å². The van der Waals surface area contributed by atoms with Crippen LogP contribution in [0.25, 0.3) is 0 Å². The molecule has 1 heterocycles. The van der Waals surface area contributed by atoms with Crippen molar-refractivity contribution in [2.45, 2.75) is 13.0 Å². The molecule has 0 aliphatic carbocycles. The van der Waals surface area contributed by atoms with Crippen LogP contribution in [0, 0.1) is 5.82 Å². The van der Waals surface area contributed by atoms with Crippen molar-refractivity contribution in [2.24, 2.45) is 0 Å². The molecular weight excluding hydrogens is 460 g/mol. The van der Waals surface area contributed by atoms with Gasteiger partial charge in [-0.2, -0.15) is 0 Å². The molecule has 4 nitrogen and oxygen atoms in total. The fourth-order valence-corrected chi connectivity index (χ4v) is 4.33. The highest BCUT2D eigenvalue weighted by atomic mass is 35.5. The topological polar surface area (TPSA) is 26.8 Å². The summed E-state index contributed by atoms with van der Waals surface area (Å²) in [5.41, 5.74) is 3.01. The molecule has 1 fully saturated rings. The predicted molar refractivity (Wildman–Crippen MR) is 134 cm³/mol. The fourth-order valence-electron chi connectivity index (χ4n) is 4.03. The van der Waals surface area contributed by atoms with Gasteiger partial charge in [-0.3, -0.25) is 4.79 Å². The number of carbonyl (C=O) groups excluding carboxylic acids is 1. The predicted octanol–water partition coefficient (Wildman–Crippen LogP) is 5.88. The first-order valence-electron chi connectivity index (χ1n) is 11.0. The van der Waals surface area contributed by atoms with E-state index in [1.807, 2.05) is 29.2 Å². The van der Waals surface area contributed by atoms with Gasteiger partial charge < -0.3 is 14.7 Å². The Bertz CT molecular complexity index is 1070. The average molecular weight is 486 g/mol. The van der Waals surface area contributed by atoms with Gasteiger partial charge in [-0.25, -0.2) is 4.39 Å². The first-order valence-corrected chi connectivity index (χ1v) is 11.8. The molecule has 33 heavy (non-hydrogen) atoms. The molecule has 1 aliphatic heterocycles. The fraction of sp³-hybridized carbons (Fsp3) is 0.269. The van der Waals surface area contributed by atoms with Crippen molar-refractivity contribution in [3.63, 3.8) is 0 Å². The molecule has 1 aliphatic rings. The second kappa shape index (κ2) is 10.9. The lowest BCUT2D eigenvalue weighted by atomic mass is 10.1. The number of hydrogen-bond acceptors (Lipinski definition) is 3. The smallest absolute Gasteiger partial charge is 0.224 e. The maximum absolute atomic E-state index is 13.3. The minimum atomic E-state index is -0.273. The summed E-state index contributed by atoms with van der Waals surface area (Å²) in [5, 5.41) is 0.941. The number of nitrogens with zero attached hydrogens (tertiary/aromatic N) is 3. The number of piperazine rings is 1. The third kappa shape index (κ3) is 6.18. The molecule has 0 bridgehead atoms. The average Bonchev–Trinajstić information content (AvgIpc) is 2.85. The molecule has 0 spiro atoms. The van der Waals surface area contributed by atoms with Gasteiger partial charge in [0.25, 0.3) is 0 Å². The molecule has 0 unspecified atom stereocenters. The molecular formula is C26H26Cl2FN3O. The lowest BCUT2D eigenvalue weighted by Crippen LogP contribution is -2.49. The Kier molecular flexibility index (Phi) is 7.73. The zero-order valence-electron chi connectivity index (χ0n) is 18.3. The van der Waals surface area contributed by atoms with E-state index in [1.54, 1.807) is 24.3 Å². The van der Waals surface area contributed by atoms with Gasteiger partial charge in [0, 0.05) is 57.1 Å². The number of benzene rings is 3. The summed E-state index contributed by atoms with van der Waals surface area (Å²) in [6, 6.07) is 22.1. The zero-order chi connectivity index (χ0) is 23.2. The molecule has 3 aromatic rings. The number of para-hydroxylation sites is 1. The van der Waals surface area contributed by atoms with Crippen LogP contribution in [-0.2, 0) is 11.3 Å². The molecule has 1 amide bonds. The highest BCUT2D eigenvalue weighted by molar-refractivity contribution is 6.42. The lowest BCUT2D eigenvalue weighted by Gasteiger charge is -2.36. The molecule has 0 atom stereocenters. The van der Waals surface area contributed by atoms with E-state index in [0.717, 1.165) is 24.3 Å². The van der Waals surface area contributed by atoms with Crippen LogP contribution in [0.1, 0.15) is 12.0 Å². The summed E-state index contributed by atoms with van der Waals surface area (Å²) in [6.45, 7) is 4.11. The van der Waals surface area contributed by atoms with Crippen molar-refractivity contribution >= 4 is 40.5 Å². The van der Waals surface area contributed by atoms with Gasteiger partial charge in [0.15, 0.2) is 0 Å². The van der Waals surface area contributed by atoms with E-state index in [4.69, 9.17) is 23.2 Å². The van der Waals surface area contributed by atoms with Crippen LogP contribution in [0.15, 0.2) is 72.8 Å². The second-order valence-corrected chi connectivity index (χ2v) is 8.91. The van der Waals surface area contributed by atoms with Crippen LogP contribution < -0.4 is 9.80 Å². The van der Waals surface area contributed by atoms with Crippen LogP contribution >= 0.6 is 23.2 Å². The van der Waals surface area contributed by atoms with Gasteiger partial charge >= 0.3 is 0 Å². The van der Waals surface area contributed by atoms with Crippen molar-refractivity contribution in [3.05, 3.63) is 94.2 Å². The van der Waals surface area contributed by atoms with Crippen LogP contribution in [0.2, 0.25) is 10.0 Å². The van der Waals surface area contributed by atoms with Gasteiger partial charge in [-0.15, -0.1) is 0 Å². The third-order valence-corrected chi connectivity index (χ3v) is 6.64. The summed E-state index contributed by atoms with van der Waals surface area (Å²) in [6.07, 6.45) is 0.382. The monoisotopic (exact) mass is 485 g/mol. The Morgan fingerprint density at radius 2 is 1.58 bits per heavy atom. The van der Waals surface area contributed by atoms with Crippen LogP contribution in [-0.4, -0.2) is 43.5 Å². The molecule has 0 N–H and O–H groups in total. The van der Waals surface area contributed by atoms with Gasteiger partial charge in [-0.05, 0) is 48.0 Å². The van der Waals surface area contributed by atoms with Crippen LogP contribution in [0.4, 0.5) is 15.8 Å². The normalized spacial score (nSPS) is 13.8. The van der Waals surface area contributed by atoms with E-state index in [0.29, 0.717) is 42.6 Å². The van der Waals surface area contributed by atoms with Crippen molar-refractivity contribution in [2.75, 3.05) is 42.5 Å². The first kappa shape index (κ1) is 23.4. The molecule has 4 rings (SSSR count). The Hall–Kier alpha value is -2.76. The van der Waals surface area contributed by atoms with E-state index in [1.165, 1.54) is 17.8 Å². The first-order chi connectivity index (χ1) is 16.0. The van der Waals surface area contributed by atoms with Crippen molar-refractivity contribution in [1.29, 1.82) is 0 Å². The van der Waals surface area contributed by atoms with Crippen LogP contribution in [0.3, 0.4) is 0 Å². The largest absolute Gasteiger partial charge is 0.368 e. The molecule has 3 aromatic carbocycles. The third-order valence-electron chi connectivity index (χ3n) is 5.90. The van der Waals surface area contributed by atoms with Gasteiger partial charge in [0.05, 0.1) is 10.0 Å². The van der Waals surface area contributed by atoms with Crippen LogP contribution in [0.5, 0.6) is 0 Å². The summed E-state index contributed by atoms with van der Waals surface area (Å²) >= 11 is 12.3. The molecule has 1 saturated heterocycles. The summed E-state index contributed by atoms with van der Waals surface area (Å²) in [4.78, 5) is 19.3. The van der Waals surface area contributed by atoms with E-state index < -0.39 is 0 Å². The Balaban J connectivity index is 1.39. The number of carbonyl (C=O) groups is 1. The van der Waals surface area contributed by atoms with Crippen molar-refractivity contribution < 1.29 is 9.18 Å². The number of anilines is 2.